The number of hydrogen-bond acceptors (Lipinski definition) is 0. The summed E-state index contributed by atoms with van der Waals surface area (Å²) in [5.74, 6) is 0. The number of benzene rings is 2. The van der Waals surface area contributed by atoms with Crippen LogP contribution >= 0.6 is 7.92 Å². The number of hydrogen-bond donors (Lipinski definition) is 0. The summed E-state index contributed by atoms with van der Waals surface area (Å²) in [6, 6.07) is 28.3. The molecule has 0 bridgehead atoms. The maximum atomic E-state index is 2.43. The molecule has 2 atom stereocenters. The van der Waals surface area contributed by atoms with Gasteiger partial charge in [-0.25, -0.2) is 0 Å². The van der Waals surface area contributed by atoms with E-state index in [1.165, 1.54) is 34.4 Å². The zero-order valence-corrected chi connectivity index (χ0v) is 22.2. The van der Waals surface area contributed by atoms with Gasteiger partial charge in [0.25, 0.3) is 0 Å². The molecule has 4 aromatic rings. The summed E-state index contributed by atoms with van der Waals surface area (Å²) in [6.45, 7) is 9.50. The van der Waals surface area contributed by atoms with Crippen LogP contribution in [-0.4, -0.2) is 11.3 Å². The van der Waals surface area contributed by atoms with Crippen LogP contribution in [0.15, 0.2) is 78.9 Å². The molecule has 4 heteroatoms. The minimum Gasteiger partial charge on any atom is -1.00 e. The van der Waals surface area contributed by atoms with E-state index < -0.39 is 0 Å². The Balaban J connectivity index is 0.000000597. The van der Waals surface area contributed by atoms with Gasteiger partial charge in [-0.3, -0.25) is 0 Å². The first-order valence-electron chi connectivity index (χ1n) is 10.2. The molecule has 0 fully saturated rings. The smallest absolute Gasteiger partial charge is 1.00 e. The summed E-state index contributed by atoms with van der Waals surface area (Å²) in [5.41, 5.74) is 1.65. The topological polar surface area (TPSA) is 0 Å². The average molecular weight is 493 g/mol. The molecule has 0 radical (unpaired) electrons. The Morgan fingerprint density at radius 3 is 1.83 bits per heavy atom. The molecule has 0 heterocycles. The summed E-state index contributed by atoms with van der Waals surface area (Å²) in [5, 5.41) is 7.09. The van der Waals surface area contributed by atoms with E-state index in [-0.39, 0.29) is 54.5 Å². The Morgan fingerprint density at radius 2 is 1.30 bits per heavy atom. The Morgan fingerprint density at radius 1 is 0.767 bits per heavy atom. The predicted octanol–water partition coefficient (Wildman–Crippen LogP) is 1.83. The second-order valence-corrected chi connectivity index (χ2v) is 10.5. The molecule has 0 aliphatic rings. The molecule has 0 amide bonds. The SMILES string of the molecule is CCC(C)P(c1cc2ccccc2[cH-]1)C(C)CC.[Cl-].[Cl-].[Ti+4].c1ccc2[cH-]ccc2c1. The maximum Gasteiger partial charge on any atom is 4.00 e. The summed E-state index contributed by atoms with van der Waals surface area (Å²) >= 11 is 0. The van der Waals surface area contributed by atoms with Crippen LogP contribution in [0.3, 0.4) is 0 Å². The van der Waals surface area contributed by atoms with Crippen LogP contribution in [0.25, 0.3) is 21.5 Å². The van der Waals surface area contributed by atoms with Crippen molar-refractivity contribution >= 4 is 34.8 Å². The monoisotopic (exact) mass is 492 g/mol. The van der Waals surface area contributed by atoms with Gasteiger partial charge < -0.3 is 24.8 Å². The van der Waals surface area contributed by atoms with Crippen LogP contribution in [0.2, 0.25) is 0 Å². The molecule has 0 N–H and O–H groups in total. The van der Waals surface area contributed by atoms with Crippen molar-refractivity contribution in [2.24, 2.45) is 0 Å². The Labute approximate surface area is 211 Å². The molecule has 0 nitrogen and oxygen atoms in total. The van der Waals surface area contributed by atoms with E-state index in [0.717, 1.165) is 11.3 Å². The van der Waals surface area contributed by atoms with Gasteiger partial charge >= 0.3 is 21.7 Å². The van der Waals surface area contributed by atoms with E-state index in [1.807, 2.05) is 0 Å². The minimum absolute atomic E-state index is 0. The predicted molar refractivity (Wildman–Crippen MR) is 125 cm³/mol. The zero-order valence-electron chi connectivity index (χ0n) is 18.3. The zero-order chi connectivity index (χ0) is 19.2. The first-order chi connectivity index (χ1) is 13.1. The van der Waals surface area contributed by atoms with Crippen molar-refractivity contribution in [1.29, 1.82) is 0 Å². The molecular formula is C26H31Cl2PTi. The fourth-order valence-electron chi connectivity index (χ4n) is 3.69. The minimum atomic E-state index is -0.0252. The van der Waals surface area contributed by atoms with Crippen LogP contribution in [0.5, 0.6) is 0 Å². The molecule has 158 valence electrons. The van der Waals surface area contributed by atoms with Crippen molar-refractivity contribution in [1.82, 2.24) is 0 Å². The third-order valence-corrected chi connectivity index (χ3v) is 9.06. The van der Waals surface area contributed by atoms with E-state index in [2.05, 4.69) is 107 Å². The van der Waals surface area contributed by atoms with Crippen LogP contribution in [0, 0.1) is 0 Å². The number of halogens is 2. The van der Waals surface area contributed by atoms with Crippen LogP contribution in [-0.2, 0) is 21.7 Å². The largest absolute Gasteiger partial charge is 4.00 e. The molecule has 0 aliphatic heterocycles. The fourth-order valence-corrected chi connectivity index (χ4v) is 6.94. The van der Waals surface area contributed by atoms with Gasteiger partial charge in [0.05, 0.1) is 0 Å². The van der Waals surface area contributed by atoms with Crippen LogP contribution < -0.4 is 30.1 Å². The number of fused-ring (bicyclic) bond motifs is 2. The first kappa shape index (κ1) is 29.4. The van der Waals surface area contributed by atoms with Crippen LogP contribution in [0.4, 0.5) is 0 Å². The van der Waals surface area contributed by atoms with Crippen LogP contribution in [0.1, 0.15) is 40.5 Å². The molecule has 0 saturated carbocycles. The third kappa shape index (κ3) is 7.22. The summed E-state index contributed by atoms with van der Waals surface area (Å²) in [4.78, 5) is 0. The standard InChI is InChI=1S/C17H24P.C9H7.2ClH.Ti/c1-5-13(3)18(14(4)6-2)17-11-15-9-7-8-10-16(15)12-17;1-2-5-9-7-3-6-8(9)4-1;;;/h7-14H,5-6H2,1-4H3;1-7H;2*1H;/q2*-1;;;+4/p-2. The maximum absolute atomic E-state index is 2.43. The second-order valence-electron chi connectivity index (χ2n) is 7.42. The Kier molecular flexibility index (Phi) is 14.2. The third-order valence-electron chi connectivity index (χ3n) is 5.58. The van der Waals surface area contributed by atoms with Crippen molar-refractivity contribution in [3.8, 4) is 0 Å². The van der Waals surface area contributed by atoms with Gasteiger partial charge in [0.15, 0.2) is 0 Å². The van der Waals surface area contributed by atoms with Gasteiger partial charge in [-0.2, -0.15) is 23.6 Å². The molecule has 4 rings (SSSR count). The fraction of sp³-hybridized carbons (Fsp3) is 0.308. The molecule has 0 aliphatic carbocycles. The molecule has 0 aromatic heterocycles. The van der Waals surface area contributed by atoms with Crippen molar-refractivity contribution in [3.63, 3.8) is 0 Å². The van der Waals surface area contributed by atoms with E-state index in [1.54, 1.807) is 5.30 Å². The van der Waals surface area contributed by atoms with E-state index in [4.69, 9.17) is 0 Å². The van der Waals surface area contributed by atoms with Crippen molar-refractivity contribution in [3.05, 3.63) is 78.9 Å². The van der Waals surface area contributed by atoms with Crippen molar-refractivity contribution in [2.45, 2.75) is 51.9 Å². The second kappa shape index (κ2) is 14.4. The summed E-state index contributed by atoms with van der Waals surface area (Å²) < 4.78 is 0. The first-order valence-corrected chi connectivity index (χ1v) is 11.7. The quantitative estimate of drug-likeness (QED) is 0.226. The van der Waals surface area contributed by atoms with Crippen molar-refractivity contribution < 1.29 is 46.5 Å². The normalized spacial score (nSPS) is 13.1. The van der Waals surface area contributed by atoms with E-state index in [9.17, 15) is 0 Å². The average Bonchev–Trinajstić information content (AvgIpc) is 3.34. The molecule has 2 unspecified atom stereocenters. The Hall–Kier alpha value is -0.616. The van der Waals surface area contributed by atoms with Gasteiger partial charge in [-0.05, 0) is 24.2 Å². The molecule has 30 heavy (non-hydrogen) atoms. The molecular weight excluding hydrogens is 462 g/mol. The summed E-state index contributed by atoms with van der Waals surface area (Å²) in [7, 11) is -0.0252. The number of rotatable bonds is 5. The van der Waals surface area contributed by atoms with Gasteiger partial charge in [0.2, 0.25) is 0 Å². The molecule has 0 saturated heterocycles. The van der Waals surface area contributed by atoms with Crippen molar-refractivity contribution in [2.75, 3.05) is 0 Å². The van der Waals surface area contributed by atoms with Gasteiger partial charge in [-0.15, -0.1) is 70.0 Å². The van der Waals surface area contributed by atoms with Gasteiger partial charge in [0.1, 0.15) is 0 Å². The van der Waals surface area contributed by atoms with Gasteiger partial charge in [-0.1, -0.05) is 47.7 Å². The molecule has 0 spiro atoms. The van der Waals surface area contributed by atoms with E-state index >= 15 is 0 Å². The van der Waals surface area contributed by atoms with Gasteiger partial charge in [0, 0.05) is 0 Å². The Bertz CT molecular complexity index is 902. The molecule has 4 aromatic carbocycles. The summed E-state index contributed by atoms with van der Waals surface area (Å²) in [6.07, 6.45) is 2.58. The van der Waals surface area contributed by atoms with E-state index in [0.29, 0.717) is 0 Å².